The number of aromatic nitrogens is 1. The fraction of sp³-hybridized carbons (Fsp3) is 0.154. The van der Waals surface area contributed by atoms with Crippen LogP contribution in [0, 0.1) is 19.7 Å². The number of benzene rings is 1. The summed E-state index contributed by atoms with van der Waals surface area (Å²) < 4.78 is 13.9. The molecule has 94 valence electrons. The Morgan fingerprint density at radius 3 is 2.72 bits per heavy atom. The molecule has 5 heteroatoms. The molecule has 2 aromatic rings. The first-order valence-electron chi connectivity index (χ1n) is 5.43. The summed E-state index contributed by atoms with van der Waals surface area (Å²) in [6.45, 7) is 3.76. The van der Waals surface area contributed by atoms with E-state index in [9.17, 15) is 4.39 Å². The Labute approximate surface area is 113 Å². The Morgan fingerprint density at radius 1 is 1.28 bits per heavy atom. The van der Waals surface area contributed by atoms with Crippen molar-refractivity contribution in [3.05, 3.63) is 45.8 Å². The zero-order valence-corrected chi connectivity index (χ0v) is 11.7. The van der Waals surface area contributed by atoms with Crippen molar-refractivity contribution in [3.8, 4) is 0 Å². The van der Waals surface area contributed by atoms with E-state index in [-0.39, 0.29) is 5.82 Å². The Balaban J connectivity index is 2.40. The molecule has 2 rings (SSSR count). The summed E-state index contributed by atoms with van der Waals surface area (Å²) in [4.78, 5) is 4.29. The van der Waals surface area contributed by atoms with Gasteiger partial charge in [0.25, 0.3) is 0 Å². The van der Waals surface area contributed by atoms with Gasteiger partial charge in [-0.25, -0.2) is 9.37 Å². The molecule has 0 bridgehead atoms. The minimum Gasteiger partial charge on any atom is -0.396 e. The van der Waals surface area contributed by atoms with E-state index in [0.717, 1.165) is 11.3 Å². The Bertz CT molecular complexity index is 599. The average molecular weight is 310 g/mol. The third-order valence-corrected chi connectivity index (χ3v) is 3.19. The molecular formula is C13H13BrFN3. The molecular weight excluding hydrogens is 297 g/mol. The van der Waals surface area contributed by atoms with Crippen molar-refractivity contribution in [2.75, 3.05) is 11.1 Å². The van der Waals surface area contributed by atoms with Crippen LogP contribution in [0.3, 0.4) is 0 Å². The van der Waals surface area contributed by atoms with E-state index in [0.29, 0.717) is 21.7 Å². The van der Waals surface area contributed by atoms with Crippen molar-refractivity contribution >= 4 is 33.1 Å². The molecule has 0 aliphatic rings. The Kier molecular flexibility index (Phi) is 3.52. The van der Waals surface area contributed by atoms with Crippen LogP contribution in [-0.2, 0) is 0 Å². The second-order valence-corrected chi connectivity index (χ2v) is 4.95. The van der Waals surface area contributed by atoms with Crippen LogP contribution in [0.2, 0.25) is 0 Å². The summed E-state index contributed by atoms with van der Waals surface area (Å²) in [6.07, 6.45) is 0. The number of anilines is 3. The maximum Gasteiger partial charge on any atom is 0.153 e. The lowest BCUT2D eigenvalue weighted by Crippen LogP contribution is -2.02. The summed E-state index contributed by atoms with van der Waals surface area (Å²) in [7, 11) is 0. The van der Waals surface area contributed by atoms with Gasteiger partial charge < -0.3 is 11.1 Å². The predicted molar refractivity (Wildman–Crippen MR) is 75.5 cm³/mol. The zero-order chi connectivity index (χ0) is 13.3. The highest BCUT2D eigenvalue weighted by atomic mass is 79.9. The summed E-state index contributed by atoms with van der Waals surface area (Å²) in [5, 5.41) is 3.05. The lowest BCUT2D eigenvalue weighted by Gasteiger charge is -2.12. The fourth-order valence-corrected chi connectivity index (χ4v) is 2.03. The summed E-state index contributed by atoms with van der Waals surface area (Å²) >= 11 is 3.15. The van der Waals surface area contributed by atoms with Crippen molar-refractivity contribution in [2.45, 2.75) is 13.8 Å². The van der Waals surface area contributed by atoms with Crippen LogP contribution in [-0.4, -0.2) is 4.98 Å². The number of pyridine rings is 1. The predicted octanol–water partition coefficient (Wildman–Crippen LogP) is 3.93. The second-order valence-electron chi connectivity index (χ2n) is 4.10. The summed E-state index contributed by atoms with van der Waals surface area (Å²) in [5.41, 5.74) is 8.77. The second kappa shape index (κ2) is 4.94. The average Bonchev–Trinajstić information content (AvgIpc) is 2.30. The van der Waals surface area contributed by atoms with E-state index < -0.39 is 0 Å². The van der Waals surface area contributed by atoms with E-state index in [1.54, 1.807) is 12.1 Å². The van der Waals surface area contributed by atoms with Gasteiger partial charge in [-0.05, 0) is 59.6 Å². The number of nitrogens with two attached hydrogens (primary N) is 1. The van der Waals surface area contributed by atoms with Gasteiger partial charge in [0.05, 0.1) is 10.2 Å². The van der Waals surface area contributed by atoms with Gasteiger partial charge in [-0.3, -0.25) is 0 Å². The molecule has 0 aliphatic heterocycles. The Hall–Kier alpha value is -1.62. The van der Waals surface area contributed by atoms with Crippen LogP contribution in [0.4, 0.5) is 21.6 Å². The molecule has 0 amide bonds. The van der Waals surface area contributed by atoms with E-state index in [1.165, 1.54) is 6.07 Å². The molecule has 1 heterocycles. The van der Waals surface area contributed by atoms with Gasteiger partial charge >= 0.3 is 0 Å². The number of nitrogens with zero attached hydrogens (tertiary/aromatic N) is 1. The van der Waals surface area contributed by atoms with Gasteiger partial charge in [-0.15, -0.1) is 0 Å². The first-order chi connectivity index (χ1) is 8.47. The molecule has 0 atom stereocenters. The standard InChI is InChI=1S/C13H13BrFN3/c1-7-5-9(14)10(15)6-12(7)18-13-11(16)4-3-8(2)17-13/h3-6H,16H2,1-2H3,(H,17,18). The van der Waals surface area contributed by atoms with Crippen molar-refractivity contribution in [1.29, 1.82) is 0 Å². The molecule has 0 radical (unpaired) electrons. The monoisotopic (exact) mass is 309 g/mol. The fourth-order valence-electron chi connectivity index (χ4n) is 1.58. The number of nitrogens with one attached hydrogen (secondary N) is 1. The molecule has 1 aromatic carbocycles. The zero-order valence-electron chi connectivity index (χ0n) is 10.1. The highest BCUT2D eigenvalue weighted by molar-refractivity contribution is 9.10. The highest BCUT2D eigenvalue weighted by Gasteiger charge is 2.08. The van der Waals surface area contributed by atoms with Gasteiger partial charge in [-0.2, -0.15) is 0 Å². The van der Waals surface area contributed by atoms with E-state index in [2.05, 4.69) is 26.2 Å². The van der Waals surface area contributed by atoms with E-state index in [4.69, 9.17) is 5.73 Å². The van der Waals surface area contributed by atoms with Crippen LogP contribution in [0.25, 0.3) is 0 Å². The van der Waals surface area contributed by atoms with Crippen LogP contribution in [0.15, 0.2) is 28.7 Å². The van der Waals surface area contributed by atoms with Gasteiger partial charge in [0.1, 0.15) is 5.82 Å². The minimum atomic E-state index is -0.325. The molecule has 1 aromatic heterocycles. The third-order valence-electron chi connectivity index (χ3n) is 2.59. The maximum atomic E-state index is 13.5. The molecule has 0 aliphatic carbocycles. The number of nitrogen functional groups attached to an aromatic ring is 1. The van der Waals surface area contributed by atoms with Crippen LogP contribution >= 0.6 is 15.9 Å². The van der Waals surface area contributed by atoms with Gasteiger partial charge in [-0.1, -0.05) is 0 Å². The van der Waals surface area contributed by atoms with Crippen molar-refractivity contribution in [2.24, 2.45) is 0 Å². The molecule has 0 unspecified atom stereocenters. The summed E-state index contributed by atoms with van der Waals surface area (Å²) in [5.74, 6) is 0.217. The number of halogens is 2. The Morgan fingerprint density at radius 2 is 2.00 bits per heavy atom. The molecule has 3 N–H and O–H groups in total. The normalized spacial score (nSPS) is 10.4. The SMILES string of the molecule is Cc1ccc(N)c(Nc2cc(F)c(Br)cc2C)n1. The van der Waals surface area contributed by atoms with Crippen molar-refractivity contribution in [1.82, 2.24) is 4.98 Å². The van der Waals surface area contributed by atoms with Crippen molar-refractivity contribution < 1.29 is 4.39 Å². The van der Waals surface area contributed by atoms with E-state index in [1.807, 2.05) is 19.9 Å². The quantitative estimate of drug-likeness (QED) is 0.884. The van der Waals surface area contributed by atoms with E-state index >= 15 is 0 Å². The maximum absolute atomic E-state index is 13.5. The summed E-state index contributed by atoms with van der Waals surface area (Å²) in [6, 6.07) is 6.73. The van der Waals surface area contributed by atoms with Crippen LogP contribution in [0.1, 0.15) is 11.3 Å². The molecule has 0 fully saturated rings. The molecule has 18 heavy (non-hydrogen) atoms. The number of rotatable bonds is 2. The van der Waals surface area contributed by atoms with Crippen LogP contribution < -0.4 is 11.1 Å². The van der Waals surface area contributed by atoms with Gasteiger partial charge in [0, 0.05) is 11.4 Å². The first-order valence-corrected chi connectivity index (χ1v) is 6.22. The number of hydrogen-bond acceptors (Lipinski definition) is 3. The minimum absolute atomic E-state index is 0.325. The molecule has 3 nitrogen and oxygen atoms in total. The van der Waals surface area contributed by atoms with Gasteiger partial charge in [0.2, 0.25) is 0 Å². The lowest BCUT2D eigenvalue weighted by molar-refractivity contribution is 0.621. The van der Waals surface area contributed by atoms with Crippen LogP contribution in [0.5, 0.6) is 0 Å². The third kappa shape index (κ3) is 2.61. The number of hydrogen-bond donors (Lipinski definition) is 2. The smallest absolute Gasteiger partial charge is 0.153 e. The van der Waals surface area contributed by atoms with Crippen molar-refractivity contribution in [3.63, 3.8) is 0 Å². The van der Waals surface area contributed by atoms with Gasteiger partial charge in [0.15, 0.2) is 5.82 Å². The molecule has 0 saturated heterocycles. The molecule has 0 saturated carbocycles. The largest absolute Gasteiger partial charge is 0.396 e. The lowest BCUT2D eigenvalue weighted by atomic mass is 10.2. The highest BCUT2D eigenvalue weighted by Crippen LogP contribution is 2.28. The number of aryl methyl sites for hydroxylation is 2. The first kappa shape index (κ1) is 12.8. The topological polar surface area (TPSA) is 50.9 Å². The molecule has 0 spiro atoms.